The molecule has 0 aliphatic carbocycles. The minimum Gasteiger partial charge on any atom is -0.507 e. The van der Waals surface area contributed by atoms with Gasteiger partial charge in [-0.2, -0.15) is 4.31 Å². The first-order chi connectivity index (χ1) is 13.8. The number of Topliss-reactive ketones (excluding diaryl/α,β-unsaturated/α-hetero) is 1. The highest BCUT2D eigenvalue weighted by Crippen LogP contribution is 2.22. The molecule has 0 amide bonds. The van der Waals surface area contributed by atoms with Gasteiger partial charge >= 0.3 is 5.97 Å². The fraction of sp³-hybridized carbons (Fsp3) is 0.300. The molecule has 3 rings (SSSR count). The molecule has 1 fully saturated rings. The summed E-state index contributed by atoms with van der Waals surface area (Å²) in [6, 6.07) is 10.1. The van der Waals surface area contributed by atoms with Gasteiger partial charge in [-0.1, -0.05) is 12.1 Å². The lowest BCUT2D eigenvalue weighted by Gasteiger charge is -2.26. The van der Waals surface area contributed by atoms with E-state index in [1.54, 1.807) is 19.1 Å². The number of aromatic hydroxyl groups is 1. The summed E-state index contributed by atoms with van der Waals surface area (Å²) in [5, 5.41) is 9.91. The van der Waals surface area contributed by atoms with Crippen molar-refractivity contribution >= 4 is 21.8 Å². The number of morpholine rings is 1. The van der Waals surface area contributed by atoms with Crippen LogP contribution >= 0.6 is 0 Å². The molecule has 0 atom stereocenters. The van der Waals surface area contributed by atoms with Gasteiger partial charge in [0, 0.05) is 18.7 Å². The lowest BCUT2D eigenvalue weighted by atomic mass is 10.1. The van der Waals surface area contributed by atoms with Gasteiger partial charge in [0.25, 0.3) is 0 Å². The van der Waals surface area contributed by atoms with Gasteiger partial charge in [-0.25, -0.2) is 13.2 Å². The normalized spacial score (nSPS) is 15.1. The van der Waals surface area contributed by atoms with Crippen molar-refractivity contribution in [1.82, 2.24) is 4.31 Å². The summed E-state index contributed by atoms with van der Waals surface area (Å²) in [4.78, 5) is 24.4. The van der Waals surface area contributed by atoms with Gasteiger partial charge in [0.05, 0.1) is 18.1 Å². The van der Waals surface area contributed by atoms with E-state index in [1.165, 1.54) is 34.6 Å². The minimum atomic E-state index is -3.65. The monoisotopic (exact) mass is 419 g/mol. The van der Waals surface area contributed by atoms with E-state index in [-0.39, 0.29) is 34.9 Å². The van der Waals surface area contributed by atoms with Crippen molar-refractivity contribution in [3.05, 3.63) is 59.2 Å². The van der Waals surface area contributed by atoms with E-state index in [0.717, 1.165) is 0 Å². The first-order valence-corrected chi connectivity index (χ1v) is 10.4. The van der Waals surface area contributed by atoms with Crippen LogP contribution < -0.4 is 0 Å². The van der Waals surface area contributed by atoms with Crippen molar-refractivity contribution in [2.45, 2.75) is 11.8 Å². The first kappa shape index (κ1) is 21.0. The molecule has 1 heterocycles. The largest absolute Gasteiger partial charge is 0.507 e. The number of ether oxygens (including phenoxy) is 2. The predicted molar refractivity (Wildman–Crippen MR) is 103 cm³/mol. The third kappa shape index (κ3) is 4.64. The fourth-order valence-corrected chi connectivity index (χ4v) is 4.27. The maximum atomic E-state index is 12.6. The van der Waals surface area contributed by atoms with E-state index in [9.17, 15) is 23.1 Å². The van der Waals surface area contributed by atoms with Crippen LogP contribution in [0.25, 0.3) is 0 Å². The number of phenolic OH excluding ortho intramolecular Hbond substituents is 1. The average Bonchev–Trinajstić information content (AvgIpc) is 2.74. The third-order valence-electron chi connectivity index (χ3n) is 4.58. The maximum absolute atomic E-state index is 12.6. The lowest BCUT2D eigenvalue weighted by Crippen LogP contribution is -2.40. The Balaban J connectivity index is 1.64. The SMILES string of the molecule is Cc1cccc(C(=O)OCC(=O)c2ccc(S(=O)(=O)N3CCOCC3)cc2)c1O. The number of ketones is 1. The summed E-state index contributed by atoms with van der Waals surface area (Å²) in [5.74, 6) is -1.49. The highest BCUT2D eigenvalue weighted by atomic mass is 32.2. The predicted octanol–water partition coefficient (Wildman–Crippen LogP) is 1.76. The standard InChI is InChI=1S/C20H21NO7S/c1-14-3-2-4-17(19(14)23)20(24)28-13-18(22)15-5-7-16(8-6-15)29(25,26)21-9-11-27-12-10-21/h2-8,23H,9-13H2,1H3. The summed E-state index contributed by atoms with van der Waals surface area (Å²) in [6.07, 6.45) is 0. The van der Waals surface area contributed by atoms with Crippen molar-refractivity contribution in [3.8, 4) is 5.75 Å². The average molecular weight is 419 g/mol. The Morgan fingerprint density at radius 1 is 1.10 bits per heavy atom. The molecule has 0 spiro atoms. The second-order valence-electron chi connectivity index (χ2n) is 6.51. The molecular weight excluding hydrogens is 398 g/mol. The molecule has 0 radical (unpaired) electrons. The molecule has 9 heteroatoms. The first-order valence-electron chi connectivity index (χ1n) is 8.97. The number of carbonyl (C=O) groups excluding carboxylic acids is 2. The molecule has 1 aliphatic rings. The molecule has 1 aliphatic heterocycles. The van der Waals surface area contributed by atoms with Crippen molar-refractivity contribution in [1.29, 1.82) is 0 Å². The molecule has 154 valence electrons. The zero-order chi connectivity index (χ0) is 21.0. The van der Waals surface area contributed by atoms with Crippen LogP contribution in [0.1, 0.15) is 26.3 Å². The van der Waals surface area contributed by atoms with E-state index in [0.29, 0.717) is 18.8 Å². The third-order valence-corrected chi connectivity index (χ3v) is 6.49. The molecular formula is C20H21NO7S. The topological polar surface area (TPSA) is 110 Å². The van der Waals surface area contributed by atoms with Crippen LogP contribution in [-0.2, 0) is 19.5 Å². The van der Waals surface area contributed by atoms with Gasteiger partial charge in [0.15, 0.2) is 12.4 Å². The smallest absolute Gasteiger partial charge is 0.342 e. The van der Waals surface area contributed by atoms with Crippen molar-refractivity contribution < 1.29 is 32.6 Å². The number of hydrogen-bond acceptors (Lipinski definition) is 7. The van der Waals surface area contributed by atoms with Gasteiger partial charge in [-0.15, -0.1) is 0 Å². The Morgan fingerprint density at radius 3 is 2.41 bits per heavy atom. The number of phenols is 1. The van der Waals surface area contributed by atoms with Crippen molar-refractivity contribution in [2.75, 3.05) is 32.9 Å². The Hall–Kier alpha value is -2.75. The second-order valence-corrected chi connectivity index (χ2v) is 8.45. The van der Waals surface area contributed by atoms with Crippen LogP contribution in [0.4, 0.5) is 0 Å². The number of sulfonamides is 1. The van der Waals surface area contributed by atoms with E-state index >= 15 is 0 Å². The van der Waals surface area contributed by atoms with Crippen LogP contribution in [0.3, 0.4) is 0 Å². The van der Waals surface area contributed by atoms with Crippen molar-refractivity contribution in [3.63, 3.8) is 0 Å². The van der Waals surface area contributed by atoms with E-state index in [2.05, 4.69) is 0 Å². The lowest BCUT2D eigenvalue weighted by molar-refractivity contribution is 0.0471. The van der Waals surface area contributed by atoms with Gasteiger partial charge in [-0.05, 0) is 42.8 Å². The Morgan fingerprint density at radius 2 is 1.76 bits per heavy atom. The maximum Gasteiger partial charge on any atom is 0.342 e. The number of aryl methyl sites for hydroxylation is 1. The van der Waals surface area contributed by atoms with Gasteiger partial charge in [0.1, 0.15) is 11.3 Å². The molecule has 1 N–H and O–H groups in total. The summed E-state index contributed by atoms with van der Waals surface area (Å²) in [5.41, 5.74) is 0.708. The van der Waals surface area contributed by atoms with Gasteiger partial charge in [0.2, 0.25) is 10.0 Å². The highest BCUT2D eigenvalue weighted by Gasteiger charge is 2.26. The van der Waals surface area contributed by atoms with Crippen LogP contribution in [0.15, 0.2) is 47.4 Å². The van der Waals surface area contributed by atoms with E-state index < -0.39 is 28.4 Å². The van der Waals surface area contributed by atoms with Crippen LogP contribution in [0.2, 0.25) is 0 Å². The number of carbonyl (C=O) groups is 2. The Labute approximate surface area is 168 Å². The molecule has 2 aromatic rings. The molecule has 8 nitrogen and oxygen atoms in total. The molecule has 0 saturated carbocycles. The van der Waals surface area contributed by atoms with Crippen LogP contribution in [0, 0.1) is 6.92 Å². The number of esters is 1. The summed E-state index contributed by atoms with van der Waals surface area (Å²) in [7, 11) is -3.65. The molecule has 1 saturated heterocycles. The number of benzene rings is 2. The number of para-hydroxylation sites is 1. The Kier molecular flexibility index (Phi) is 6.31. The minimum absolute atomic E-state index is 0.0234. The Bertz CT molecular complexity index is 1010. The quantitative estimate of drug-likeness (QED) is 0.561. The molecule has 29 heavy (non-hydrogen) atoms. The second kappa shape index (κ2) is 8.73. The molecule has 0 aromatic heterocycles. The van der Waals surface area contributed by atoms with Crippen molar-refractivity contribution in [2.24, 2.45) is 0 Å². The van der Waals surface area contributed by atoms with E-state index in [4.69, 9.17) is 9.47 Å². The van der Waals surface area contributed by atoms with Gasteiger partial charge in [-0.3, -0.25) is 4.79 Å². The highest BCUT2D eigenvalue weighted by molar-refractivity contribution is 7.89. The summed E-state index contributed by atoms with van der Waals surface area (Å²) < 4.78 is 36.7. The van der Waals surface area contributed by atoms with E-state index in [1.807, 2.05) is 0 Å². The number of nitrogens with zero attached hydrogens (tertiary/aromatic N) is 1. The van der Waals surface area contributed by atoms with Crippen LogP contribution in [0.5, 0.6) is 5.75 Å². The zero-order valence-electron chi connectivity index (χ0n) is 15.8. The number of rotatable bonds is 6. The molecule has 0 bridgehead atoms. The molecule has 2 aromatic carbocycles. The summed E-state index contributed by atoms with van der Waals surface area (Å²) in [6.45, 7) is 2.37. The fourth-order valence-electron chi connectivity index (χ4n) is 2.86. The van der Waals surface area contributed by atoms with Gasteiger partial charge < -0.3 is 14.6 Å². The summed E-state index contributed by atoms with van der Waals surface area (Å²) >= 11 is 0. The zero-order valence-corrected chi connectivity index (χ0v) is 16.6. The van der Waals surface area contributed by atoms with Crippen LogP contribution in [-0.4, -0.2) is 62.5 Å². The molecule has 0 unspecified atom stereocenters. The number of hydrogen-bond donors (Lipinski definition) is 1.